The zero-order chi connectivity index (χ0) is 38.6. The van der Waals surface area contributed by atoms with Gasteiger partial charge in [0, 0.05) is 58.4 Å². The topological polar surface area (TPSA) is 56.7 Å². The Bertz CT molecular complexity index is 3870. The summed E-state index contributed by atoms with van der Waals surface area (Å²) in [7, 11) is 0. The van der Waals surface area contributed by atoms with Crippen LogP contribution < -0.4 is 0 Å². The van der Waals surface area contributed by atoms with E-state index in [1.807, 2.05) is 12.1 Å². The summed E-state index contributed by atoms with van der Waals surface area (Å²) in [6.45, 7) is 0. The Morgan fingerprint density at radius 2 is 1.05 bits per heavy atom. The number of aromatic nitrogens is 4. The maximum absolute atomic E-state index is 6.61. The molecule has 0 radical (unpaired) electrons. The van der Waals surface area contributed by atoms with E-state index in [9.17, 15) is 0 Å². The monoisotopic (exact) mass is 770 g/mol. The third kappa shape index (κ3) is 4.94. The van der Waals surface area contributed by atoms with Crippen molar-refractivity contribution in [3.8, 4) is 39.9 Å². The lowest BCUT2D eigenvalue weighted by atomic mass is 10.0. The van der Waals surface area contributed by atoms with Gasteiger partial charge < -0.3 is 8.98 Å². The molecule has 274 valence electrons. The smallest absolute Gasteiger partial charge is 0.166 e. The van der Waals surface area contributed by atoms with Crippen molar-refractivity contribution in [1.82, 2.24) is 19.5 Å². The number of furan rings is 1. The molecule has 0 saturated heterocycles. The minimum absolute atomic E-state index is 0.568. The second kappa shape index (κ2) is 12.4. The second-order valence-corrected chi connectivity index (χ2v) is 16.3. The van der Waals surface area contributed by atoms with E-state index in [1.54, 1.807) is 11.3 Å². The third-order valence-electron chi connectivity index (χ3n) is 11.8. The summed E-state index contributed by atoms with van der Waals surface area (Å²) in [5, 5.41) is 11.5. The molecule has 0 aliphatic carbocycles. The zero-order valence-electron chi connectivity index (χ0n) is 31.4. The van der Waals surface area contributed by atoms with Gasteiger partial charge in [0.05, 0.1) is 16.7 Å². The molecule has 0 N–H and O–H groups in total. The quantitative estimate of drug-likeness (QED) is 0.179. The molecule has 4 aromatic heterocycles. The van der Waals surface area contributed by atoms with Crippen molar-refractivity contribution in [2.24, 2.45) is 0 Å². The zero-order valence-corrected chi connectivity index (χ0v) is 32.2. The van der Waals surface area contributed by atoms with Crippen molar-refractivity contribution in [1.29, 1.82) is 0 Å². The lowest BCUT2D eigenvalue weighted by Crippen LogP contribution is -2.04. The summed E-state index contributed by atoms with van der Waals surface area (Å²) in [5.74, 6) is 1.80. The van der Waals surface area contributed by atoms with Crippen LogP contribution in [0.2, 0.25) is 0 Å². The predicted molar refractivity (Wildman–Crippen MR) is 246 cm³/mol. The molecule has 13 aromatic rings. The van der Waals surface area contributed by atoms with Gasteiger partial charge in [-0.15, -0.1) is 11.3 Å². The first-order chi connectivity index (χ1) is 29.2. The van der Waals surface area contributed by atoms with Crippen LogP contribution in [-0.2, 0) is 0 Å². The SMILES string of the molecule is c1ccc2cc(-c3nc(-c4cc5oc6ccccc6c5cc4-n4c5ccccc5c5cc6ccccc6cc54)nc(-c4cccc5sc6ccccc6c45)n3)ccc2c1. The van der Waals surface area contributed by atoms with Crippen molar-refractivity contribution in [3.63, 3.8) is 0 Å². The van der Waals surface area contributed by atoms with E-state index in [0.717, 1.165) is 71.5 Å². The van der Waals surface area contributed by atoms with Crippen LogP contribution in [0.3, 0.4) is 0 Å². The molecule has 4 heterocycles. The van der Waals surface area contributed by atoms with Crippen LogP contribution in [-0.4, -0.2) is 19.5 Å². The predicted octanol–water partition coefficient (Wildman–Crippen LogP) is 14.5. The van der Waals surface area contributed by atoms with E-state index in [1.165, 1.54) is 36.3 Å². The number of nitrogens with zero attached hydrogens (tertiary/aromatic N) is 4. The van der Waals surface area contributed by atoms with Crippen molar-refractivity contribution in [2.75, 3.05) is 0 Å². The maximum Gasteiger partial charge on any atom is 0.166 e. The highest BCUT2D eigenvalue weighted by atomic mass is 32.1. The molecule has 0 atom stereocenters. The molecule has 0 aliphatic rings. The summed E-state index contributed by atoms with van der Waals surface area (Å²) in [6, 6.07) is 64.5. The van der Waals surface area contributed by atoms with E-state index in [2.05, 4.69) is 174 Å². The first-order valence-corrected chi connectivity index (χ1v) is 20.6. The van der Waals surface area contributed by atoms with Crippen molar-refractivity contribution >= 4 is 96.8 Å². The number of para-hydroxylation sites is 2. The summed E-state index contributed by atoms with van der Waals surface area (Å²) < 4.78 is 11.4. The van der Waals surface area contributed by atoms with Gasteiger partial charge >= 0.3 is 0 Å². The van der Waals surface area contributed by atoms with Gasteiger partial charge in [-0.05, 0) is 76.1 Å². The summed E-state index contributed by atoms with van der Waals surface area (Å²) in [5.41, 5.74) is 7.53. The van der Waals surface area contributed by atoms with Crippen LogP contribution in [0, 0.1) is 0 Å². The Balaban J connectivity index is 1.16. The molecule has 59 heavy (non-hydrogen) atoms. The molecule has 13 rings (SSSR count). The van der Waals surface area contributed by atoms with Crippen LogP contribution >= 0.6 is 11.3 Å². The third-order valence-corrected chi connectivity index (χ3v) is 12.9. The van der Waals surface area contributed by atoms with E-state index in [-0.39, 0.29) is 0 Å². The normalized spacial score (nSPS) is 12.1. The lowest BCUT2D eigenvalue weighted by Gasteiger charge is -2.15. The fourth-order valence-electron chi connectivity index (χ4n) is 9.07. The molecule has 9 aromatic carbocycles. The minimum atomic E-state index is 0.568. The Morgan fingerprint density at radius 3 is 1.92 bits per heavy atom. The van der Waals surface area contributed by atoms with Crippen molar-refractivity contribution < 1.29 is 4.42 Å². The number of thiophene rings is 1. The number of benzene rings is 9. The molecule has 5 nitrogen and oxygen atoms in total. The van der Waals surface area contributed by atoms with Gasteiger partial charge in [-0.3, -0.25) is 0 Å². The molecule has 0 bridgehead atoms. The minimum Gasteiger partial charge on any atom is -0.456 e. The Kier molecular flexibility index (Phi) is 6.82. The number of hydrogen-bond acceptors (Lipinski definition) is 5. The van der Waals surface area contributed by atoms with E-state index >= 15 is 0 Å². The fraction of sp³-hybridized carbons (Fsp3) is 0. The average Bonchev–Trinajstić information content (AvgIpc) is 3.96. The lowest BCUT2D eigenvalue weighted by molar-refractivity contribution is 0.669. The molecule has 0 saturated carbocycles. The summed E-state index contributed by atoms with van der Waals surface area (Å²) in [4.78, 5) is 16.2. The summed E-state index contributed by atoms with van der Waals surface area (Å²) in [6.07, 6.45) is 0. The van der Waals surface area contributed by atoms with Crippen molar-refractivity contribution in [2.45, 2.75) is 0 Å². The molecule has 0 spiro atoms. The largest absolute Gasteiger partial charge is 0.456 e. The standard InChI is InChI=1S/C53H30N4OS/c1-2-13-32-26-35(25-24-31(32)12-1)51-54-52(39-19-11-23-49-50(39)38-18-7-10-22-48(38)59-49)56-53(55-51)42-30-47-41(37-17-6-9-21-46(37)58-47)29-45(42)57-43-20-8-5-16-36(43)40-27-33-14-3-4-15-34(33)28-44(40)57/h1-30H. The maximum atomic E-state index is 6.61. The number of hydrogen-bond donors (Lipinski definition) is 0. The Morgan fingerprint density at radius 1 is 0.390 bits per heavy atom. The molecular formula is C53H30N4OS. The highest BCUT2D eigenvalue weighted by molar-refractivity contribution is 7.25. The van der Waals surface area contributed by atoms with Crippen LogP contribution in [0.15, 0.2) is 186 Å². The van der Waals surface area contributed by atoms with Gasteiger partial charge in [-0.25, -0.2) is 15.0 Å². The van der Waals surface area contributed by atoms with E-state index in [4.69, 9.17) is 19.4 Å². The van der Waals surface area contributed by atoms with Gasteiger partial charge in [0.25, 0.3) is 0 Å². The Labute approximate surface area is 341 Å². The van der Waals surface area contributed by atoms with E-state index in [0.29, 0.717) is 17.5 Å². The summed E-state index contributed by atoms with van der Waals surface area (Å²) >= 11 is 1.79. The van der Waals surface area contributed by atoms with Gasteiger partial charge in [0.15, 0.2) is 17.5 Å². The second-order valence-electron chi connectivity index (χ2n) is 15.2. The van der Waals surface area contributed by atoms with Gasteiger partial charge in [0.1, 0.15) is 11.2 Å². The van der Waals surface area contributed by atoms with Gasteiger partial charge in [0.2, 0.25) is 0 Å². The highest BCUT2D eigenvalue weighted by Crippen LogP contribution is 2.43. The van der Waals surface area contributed by atoms with Gasteiger partial charge in [-0.1, -0.05) is 127 Å². The molecule has 0 aliphatic heterocycles. The number of rotatable bonds is 4. The first kappa shape index (κ1) is 32.4. The number of fused-ring (bicyclic) bond motifs is 11. The van der Waals surface area contributed by atoms with E-state index < -0.39 is 0 Å². The molecular weight excluding hydrogens is 741 g/mol. The van der Waals surface area contributed by atoms with Crippen LogP contribution in [0.1, 0.15) is 0 Å². The van der Waals surface area contributed by atoms with Crippen LogP contribution in [0.4, 0.5) is 0 Å². The Hall–Kier alpha value is -7.67. The molecule has 6 heteroatoms. The highest BCUT2D eigenvalue weighted by Gasteiger charge is 2.23. The fourth-order valence-corrected chi connectivity index (χ4v) is 10.2. The average molecular weight is 771 g/mol. The van der Waals surface area contributed by atoms with Gasteiger partial charge in [-0.2, -0.15) is 0 Å². The first-order valence-electron chi connectivity index (χ1n) is 19.8. The van der Waals surface area contributed by atoms with Crippen LogP contribution in [0.5, 0.6) is 0 Å². The van der Waals surface area contributed by atoms with Crippen LogP contribution in [0.25, 0.3) is 125 Å². The molecule has 0 unspecified atom stereocenters. The molecule has 0 amide bonds. The molecule has 0 fully saturated rings. The van der Waals surface area contributed by atoms with Crippen molar-refractivity contribution in [3.05, 3.63) is 182 Å².